The zero-order valence-corrected chi connectivity index (χ0v) is 19.0. The number of primary amides is 1. The van der Waals surface area contributed by atoms with Crippen molar-refractivity contribution in [3.05, 3.63) is 39.8 Å². The van der Waals surface area contributed by atoms with Crippen molar-refractivity contribution < 1.29 is 19.1 Å². The van der Waals surface area contributed by atoms with Crippen LogP contribution in [0.5, 0.6) is 11.5 Å². The maximum absolute atomic E-state index is 13.2. The summed E-state index contributed by atoms with van der Waals surface area (Å²) in [5.74, 6) is 0.952. The molecule has 0 radical (unpaired) electrons. The summed E-state index contributed by atoms with van der Waals surface area (Å²) in [4.78, 5) is 28.6. The molecule has 3 N–H and O–H groups in total. The highest BCUT2D eigenvalue weighted by molar-refractivity contribution is 7.17. The lowest BCUT2D eigenvalue weighted by Crippen LogP contribution is -2.41. The van der Waals surface area contributed by atoms with E-state index in [0.717, 1.165) is 66.2 Å². The lowest BCUT2D eigenvalue weighted by molar-refractivity contribution is -0.121. The molecule has 2 heterocycles. The van der Waals surface area contributed by atoms with Crippen LogP contribution in [0.15, 0.2) is 18.2 Å². The third kappa shape index (κ3) is 4.02. The molecule has 8 heteroatoms. The Morgan fingerprint density at radius 1 is 1.23 bits per heavy atom. The van der Waals surface area contributed by atoms with Crippen LogP contribution in [0.1, 0.15) is 58.6 Å². The van der Waals surface area contributed by atoms with Gasteiger partial charge in [-0.05, 0) is 69.3 Å². The summed E-state index contributed by atoms with van der Waals surface area (Å²) < 4.78 is 11.0. The number of amides is 2. The number of likely N-dealkylation sites (tertiary alicyclic amines) is 1. The Labute approximate surface area is 186 Å². The summed E-state index contributed by atoms with van der Waals surface area (Å²) in [5.41, 5.74) is 8.17. The smallest absolute Gasteiger partial charge is 0.251 e. The van der Waals surface area contributed by atoms with E-state index < -0.39 is 5.91 Å². The molecule has 1 aromatic heterocycles. The summed E-state index contributed by atoms with van der Waals surface area (Å²) in [6.07, 6.45) is 4.74. The Kier molecular flexibility index (Phi) is 6.20. The third-order valence-electron chi connectivity index (χ3n) is 6.37. The van der Waals surface area contributed by atoms with Crippen LogP contribution < -0.4 is 20.5 Å². The molecule has 7 nitrogen and oxygen atoms in total. The highest BCUT2D eigenvalue weighted by atomic mass is 32.1. The second-order valence-electron chi connectivity index (χ2n) is 8.09. The second-order valence-corrected chi connectivity index (χ2v) is 9.20. The molecule has 1 aromatic carbocycles. The number of aryl methyl sites for hydroxylation is 1. The van der Waals surface area contributed by atoms with E-state index in [-0.39, 0.29) is 18.0 Å². The van der Waals surface area contributed by atoms with Crippen LogP contribution in [0.4, 0.5) is 5.00 Å². The van der Waals surface area contributed by atoms with Crippen LogP contribution in [-0.2, 0) is 17.6 Å². The number of nitrogens with two attached hydrogens (primary N) is 1. The number of rotatable bonds is 7. The molecular weight excluding hydrogens is 414 g/mol. The molecule has 2 aromatic rings. The van der Waals surface area contributed by atoms with E-state index in [1.807, 2.05) is 25.1 Å². The maximum atomic E-state index is 13.2. The number of ether oxygens (including phenoxy) is 2. The molecule has 4 rings (SSSR count). The van der Waals surface area contributed by atoms with Gasteiger partial charge >= 0.3 is 0 Å². The molecule has 2 aliphatic rings. The highest BCUT2D eigenvalue weighted by Crippen LogP contribution is 2.41. The van der Waals surface area contributed by atoms with Gasteiger partial charge in [0.05, 0.1) is 25.8 Å². The van der Waals surface area contributed by atoms with Crippen LogP contribution in [0.25, 0.3) is 0 Å². The lowest BCUT2D eigenvalue weighted by atomic mass is 10.0. The number of hydrogen-bond donors (Lipinski definition) is 2. The predicted molar refractivity (Wildman–Crippen MR) is 121 cm³/mol. The van der Waals surface area contributed by atoms with Crippen LogP contribution >= 0.6 is 11.3 Å². The molecule has 0 saturated carbocycles. The van der Waals surface area contributed by atoms with Crippen molar-refractivity contribution in [1.82, 2.24) is 4.90 Å². The summed E-state index contributed by atoms with van der Waals surface area (Å²) in [7, 11) is 3.30. The van der Waals surface area contributed by atoms with Gasteiger partial charge in [-0.3, -0.25) is 14.5 Å². The summed E-state index contributed by atoms with van der Waals surface area (Å²) in [6, 6.07) is 5.44. The van der Waals surface area contributed by atoms with Crippen molar-refractivity contribution in [2.24, 2.45) is 5.73 Å². The molecular formula is C23H29N3O4S. The topological polar surface area (TPSA) is 93.9 Å². The molecule has 1 aliphatic heterocycles. The van der Waals surface area contributed by atoms with Gasteiger partial charge in [-0.1, -0.05) is 0 Å². The minimum Gasteiger partial charge on any atom is -0.497 e. The minimum atomic E-state index is -0.470. The van der Waals surface area contributed by atoms with E-state index >= 15 is 0 Å². The Hall–Kier alpha value is -2.58. The number of nitrogens with one attached hydrogen (secondary N) is 1. The van der Waals surface area contributed by atoms with Gasteiger partial charge in [0.25, 0.3) is 5.91 Å². The standard InChI is InChI=1S/C23H29N3O4S/c1-13(22(28)25-23-20(21(24)27)15-6-4-8-19(15)31-23)26-11-5-7-17(26)16-12-14(29-2)9-10-18(16)30-3/h9-10,12-13,17H,4-8,11H2,1-3H3,(H2,24,27)(H,25,28)/t13-,17-/m1/s1. The largest absolute Gasteiger partial charge is 0.497 e. The maximum Gasteiger partial charge on any atom is 0.251 e. The van der Waals surface area contributed by atoms with E-state index in [4.69, 9.17) is 15.2 Å². The quantitative estimate of drug-likeness (QED) is 0.683. The van der Waals surface area contributed by atoms with Gasteiger partial charge in [0.2, 0.25) is 5.91 Å². The molecule has 2 amide bonds. The number of carbonyl (C=O) groups excluding carboxylic acids is 2. The first-order valence-electron chi connectivity index (χ1n) is 10.7. The summed E-state index contributed by atoms with van der Waals surface area (Å²) >= 11 is 1.49. The summed E-state index contributed by atoms with van der Waals surface area (Å²) in [5, 5.41) is 3.59. The fourth-order valence-electron chi connectivity index (χ4n) is 4.81. The van der Waals surface area contributed by atoms with Gasteiger partial charge in [0.15, 0.2) is 0 Å². The predicted octanol–water partition coefficient (Wildman–Crippen LogP) is 3.52. The zero-order valence-electron chi connectivity index (χ0n) is 18.2. The zero-order chi connectivity index (χ0) is 22.1. The number of anilines is 1. The summed E-state index contributed by atoms with van der Waals surface area (Å²) in [6.45, 7) is 2.72. The van der Waals surface area contributed by atoms with E-state index in [0.29, 0.717) is 10.6 Å². The lowest BCUT2D eigenvalue weighted by Gasteiger charge is -2.31. The minimum absolute atomic E-state index is 0.0507. The molecule has 1 aliphatic carbocycles. The number of hydrogen-bond acceptors (Lipinski definition) is 6. The van der Waals surface area contributed by atoms with Crippen LogP contribution in [0.2, 0.25) is 0 Å². The third-order valence-corrected chi connectivity index (χ3v) is 7.58. The number of fused-ring (bicyclic) bond motifs is 1. The number of benzene rings is 1. The van der Waals surface area contributed by atoms with Gasteiger partial charge in [-0.25, -0.2) is 0 Å². The molecule has 0 spiro atoms. The van der Waals surface area contributed by atoms with Crippen LogP contribution in [-0.4, -0.2) is 43.5 Å². The number of methoxy groups -OCH3 is 2. The van der Waals surface area contributed by atoms with Crippen molar-refractivity contribution in [2.75, 3.05) is 26.1 Å². The SMILES string of the molecule is COc1ccc(OC)c([C@H]2CCCN2[C@H](C)C(=O)Nc2sc3c(c2C(N)=O)CCC3)c1. The van der Waals surface area contributed by atoms with E-state index in [1.54, 1.807) is 14.2 Å². The van der Waals surface area contributed by atoms with Crippen LogP contribution in [0.3, 0.4) is 0 Å². The fourth-order valence-corrected chi connectivity index (χ4v) is 6.10. The second kappa shape index (κ2) is 8.88. The normalized spacial score (nSPS) is 19.1. The number of carbonyl (C=O) groups is 2. The highest BCUT2D eigenvalue weighted by Gasteiger charge is 2.35. The van der Waals surface area contributed by atoms with Crippen molar-refractivity contribution in [3.8, 4) is 11.5 Å². The Bertz CT molecular complexity index is 1000. The Balaban J connectivity index is 1.56. The average molecular weight is 444 g/mol. The fraction of sp³-hybridized carbons (Fsp3) is 0.478. The Morgan fingerprint density at radius 3 is 2.74 bits per heavy atom. The molecule has 0 unspecified atom stereocenters. The van der Waals surface area contributed by atoms with E-state index in [9.17, 15) is 9.59 Å². The van der Waals surface area contributed by atoms with Gasteiger partial charge in [0.1, 0.15) is 16.5 Å². The van der Waals surface area contributed by atoms with Crippen molar-refractivity contribution in [1.29, 1.82) is 0 Å². The molecule has 2 atom stereocenters. The molecule has 0 bridgehead atoms. The van der Waals surface area contributed by atoms with Gasteiger partial charge in [0, 0.05) is 16.5 Å². The molecule has 1 saturated heterocycles. The van der Waals surface area contributed by atoms with E-state index in [2.05, 4.69) is 10.2 Å². The average Bonchev–Trinajstić information content (AvgIpc) is 3.48. The van der Waals surface area contributed by atoms with Crippen LogP contribution in [0, 0.1) is 0 Å². The van der Waals surface area contributed by atoms with Crippen molar-refractivity contribution >= 4 is 28.2 Å². The molecule has 166 valence electrons. The monoisotopic (exact) mass is 443 g/mol. The van der Waals surface area contributed by atoms with Gasteiger partial charge in [-0.15, -0.1) is 11.3 Å². The number of nitrogens with zero attached hydrogens (tertiary/aromatic N) is 1. The first kappa shape index (κ1) is 21.6. The van der Waals surface area contributed by atoms with Gasteiger partial charge < -0.3 is 20.5 Å². The first-order chi connectivity index (χ1) is 14.9. The Morgan fingerprint density at radius 2 is 2.03 bits per heavy atom. The van der Waals surface area contributed by atoms with E-state index in [1.165, 1.54) is 11.3 Å². The first-order valence-corrected chi connectivity index (χ1v) is 11.5. The van der Waals surface area contributed by atoms with Crippen molar-refractivity contribution in [3.63, 3.8) is 0 Å². The molecule has 31 heavy (non-hydrogen) atoms. The van der Waals surface area contributed by atoms with Gasteiger partial charge in [-0.2, -0.15) is 0 Å². The number of thiophene rings is 1. The molecule has 1 fully saturated rings. The van der Waals surface area contributed by atoms with Crippen molar-refractivity contribution in [2.45, 2.75) is 51.1 Å².